The minimum atomic E-state index is -0.467. The van der Waals surface area contributed by atoms with E-state index < -0.39 is 6.04 Å². The van der Waals surface area contributed by atoms with Crippen LogP contribution in [0.5, 0.6) is 0 Å². The second kappa shape index (κ2) is 5.57. The smallest absolute Gasteiger partial charge is 0.331 e. The zero-order chi connectivity index (χ0) is 15.0. The van der Waals surface area contributed by atoms with E-state index >= 15 is 0 Å². The van der Waals surface area contributed by atoms with Crippen molar-refractivity contribution in [1.82, 2.24) is 4.90 Å². The van der Waals surface area contributed by atoms with Crippen LogP contribution in [0.15, 0.2) is 35.2 Å². The van der Waals surface area contributed by atoms with Gasteiger partial charge in [-0.15, -0.1) is 11.8 Å². The maximum Gasteiger partial charge on any atom is 0.331 e. The molecule has 6 heteroatoms. The first-order valence-corrected chi connectivity index (χ1v) is 8.69. The van der Waals surface area contributed by atoms with Crippen molar-refractivity contribution in [3.8, 4) is 0 Å². The molecule has 0 radical (unpaired) electrons. The summed E-state index contributed by atoms with van der Waals surface area (Å²) in [6.45, 7) is 4.00. The molecule has 0 N–H and O–H groups in total. The molecular weight excluding hydrogens is 306 g/mol. The van der Waals surface area contributed by atoms with Crippen LogP contribution in [0.3, 0.4) is 0 Å². The van der Waals surface area contributed by atoms with Crippen LogP contribution in [-0.4, -0.2) is 38.9 Å². The van der Waals surface area contributed by atoms with E-state index in [0.717, 1.165) is 4.90 Å². The number of amides is 1. The fourth-order valence-electron chi connectivity index (χ4n) is 2.71. The van der Waals surface area contributed by atoms with Gasteiger partial charge in [-0.25, -0.2) is 4.79 Å². The van der Waals surface area contributed by atoms with Gasteiger partial charge in [0, 0.05) is 9.64 Å². The maximum atomic E-state index is 12.3. The normalized spacial score (nSPS) is 26.2. The third kappa shape index (κ3) is 2.79. The molecule has 0 spiro atoms. The molecule has 0 bridgehead atoms. The van der Waals surface area contributed by atoms with Crippen LogP contribution in [0.25, 0.3) is 0 Å². The lowest BCUT2D eigenvalue weighted by Gasteiger charge is -2.37. The lowest BCUT2D eigenvalue weighted by molar-refractivity contribution is -0.159. The topological polar surface area (TPSA) is 46.6 Å². The average Bonchev–Trinajstić information content (AvgIpc) is 2.66. The molecule has 4 nitrogen and oxygen atoms in total. The maximum absolute atomic E-state index is 12.3. The zero-order valence-electron chi connectivity index (χ0n) is 11.9. The van der Waals surface area contributed by atoms with Gasteiger partial charge in [0.15, 0.2) is 0 Å². The van der Waals surface area contributed by atoms with Gasteiger partial charge in [0.1, 0.15) is 12.0 Å². The number of carbonyl (C=O) groups is 2. The third-order valence-corrected chi connectivity index (χ3v) is 6.05. The molecule has 1 aromatic carbocycles. The third-order valence-electron chi connectivity index (χ3n) is 3.72. The Bertz CT molecular complexity index is 561. The van der Waals surface area contributed by atoms with Gasteiger partial charge in [-0.05, 0) is 26.0 Å². The molecule has 2 aliphatic rings. The molecule has 2 atom stereocenters. The lowest BCUT2D eigenvalue weighted by atomic mass is 9.98. The van der Waals surface area contributed by atoms with E-state index in [1.165, 1.54) is 11.8 Å². The number of hydrogen-bond donors (Lipinski definition) is 0. The second-order valence-electron chi connectivity index (χ2n) is 5.62. The van der Waals surface area contributed by atoms with Crippen LogP contribution in [0.4, 0.5) is 0 Å². The molecule has 112 valence electrons. The summed E-state index contributed by atoms with van der Waals surface area (Å²) in [7, 11) is 0. The number of ether oxygens (including phenoxy) is 1. The van der Waals surface area contributed by atoms with Crippen LogP contribution in [0.1, 0.15) is 20.3 Å². The average molecular weight is 323 g/mol. The van der Waals surface area contributed by atoms with Crippen LogP contribution in [0, 0.1) is 0 Å². The summed E-state index contributed by atoms with van der Waals surface area (Å²) >= 11 is 3.16. The van der Waals surface area contributed by atoms with Crippen molar-refractivity contribution in [1.29, 1.82) is 0 Å². The Hall–Kier alpha value is -1.14. The van der Waals surface area contributed by atoms with Gasteiger partial charge in [0.2, 0.25) is 5.91 Å². The van der Waals surface area contributed by atoms with Crippen molar-refractivity contribution in [3.63, 3.8) is 0 Å². The van der Waals surface area contributed by atoms with Crippen molar-refractivity contribution < 1.29 is 14.3 Å². The predicted octanol–water partition coefficient (Wildman–Crippen LogP) is 2.73. The predicted molar refractivity (Wildman–Crippen MR) is 84.0 cm³/mol. The molecule has 2 aliphatic heterocycles. The minimum Gasteiger partial charge on any atom is -0.453 e. The Labute approximate surface area is 132 Å². The molecule has 0 aliphatic carbocycles. The van der Waals surface area contributed by atoms with Gasteiger partial charge in [-0.1, -0.05) is 30.0 Å². The number of esters is 1. The quantitative estimate of drug-likeness (QED) is 0.369. The Morgan fingerprint density at radius 2 is 2.14 bits per heavy atom. The summed E-state index contributed by atoms with van der Waals surface area (Å²) in [5.41, 5.74) is 0. The summed E-state index contributed by atoms with van der Waals surface area (Å²) in [5.74, 6) is 0.0227. The van der Waals surface area contributed by atoms with Gasteiger partial charge in [0.05, 0.1) is 11.8 Å². The first kappa shape index (κ1) is 14.8. The summed E-state index contributed by atoms with van der Waals surface area (Å²) < 4.78 is 5.10. The van der Waals surface area contributed by atoms with Crippen molar-refractivity contribution in [2.24, 2.45) is 0 Å². The number of β-lactam (4-membered cyclic amide) rings is 1. The minimum absolute atomic E-state index is 0.0516. The largest absolute Gasteiger partial charge is 0.453 e. The van der Waals surface area contributed by atoms with Gasteiger partial charge >= 0.3 is 5.97 Å². The Balaban J connectivity index is 1.58. The van der Waals surface area contributed by atoms with E-state index in [9.17, 15) is 9.59 Å². The number of rotatable bonds is 4. The van der Waals surface area contributed by atoms with Gasteiger partial charge < -0.3 is 9.64 Å². The highest BCUT2D eigenvalue weighted by molar-refractivity contribution is 8.01. The fourth-order valence-corrected chi connectivity index (χ4v) is 4.99. The van der Waals surface area contributed by atoms with Crippen LogP contribution < -0.4 is 0 Å². The number of nitrogens with zero attached hydrogens (tertiary/aromatic N) is 1. The highest BCUT2D eigenvalue weighted by Crippen LogP contribution is 2.50. The summed E-state index contributed by atoms with van der Waals surface area (Å²) in [4.78, 5) is 26.8. The van der Waals surface area contributed by atoms with Crippen LogP contribution in [-0.2, 0) is 14.3 Å². The van der Waals surface area contributed by atoms with E-state index in [1.807, 2.05) is 44.2 Å². The number of carbonyl (C=O) groups excluding carboxylic acids is 2. The molecular formula is C15H17NO3S2. The highest BCUT2D eigenvalue weighted by atomic mass is 32.2. The van der Waals surface area contributed by atoms with E-state index in [2.05, 4.69) is 0 Å². The van der Waals surface area contributed by atoms with Gasteiger partial charge in [0.25, 0.3) is 0 Å². The van der Waals surface area contributed by atoms with Crippen LogP contribution >= 0.6 is 23.5 Å². The number of fused-ring (bicyclic) bond motifs is 1. The Kier molecular flexibility index (Phi) is 3.92. The molecule has 2 saturated heterocycles. The Morgan fingerprint density at radius 3 is 2.81 bits per heavy atom. The molecule has 21 heavy (non-hydrogen) atoms. The molecule has 2 fully saturated rings. The monoisotopic (exact) mass is 323 g/mol. The SMILES string of the molecule is CC1(C)S[C@@H]2CC(=O)N2[C@H]1C(=O)OCSc1ccccc1. The van der Waals surface area contributed by atoms with Gasteiger partial charge in [-0.2, -0.15) is 0 Å². The van der Waals surface area contributed by atoms with E-state index in [1.54, 1.807) is 16.7 Å². The highest BCUT2D eigenvalue weighted by Gasteiger charge is 2.59. The van der Waals surface area contributed by atoms with E-state index in [-0.39, 0.29) is 27.9 Å². The number of benzene rings is 1. The van der Waals surface area contributed by atoms with Crippen molar-refractivity contribution in [3.05, 3.63) is 30.3 Å². The summed E-state index contributed by atoms with van der Waals surface area (Å²) in [6, 6.07) is 9.33. The molecule has 1 aromatic rings. The van der Waals surface area contributed by atoms with Crippen LogP contribution in [0.2, 0.25) is 0 Å². The number of hydrogen-bond acceptors (Lipinski definition) is 5. The molecule has 1 amide bonds. The fraction of sp³-hybridized carbons (Fsp3) is 0.467. The first-order chi connectivity index (χ1) is 9.99. The van der Waals surface area contributed by atoms with Crippen molar-refractivity contribution in [2.45, 2.75) is 41.3 Å². The van der Waals surface area contributed by atoms with E-state index in [0.29, 0.717) is 6.42 Å². The number of thioether (sulfide) groups is 2. The standard InChI is InChI=1S/C15H17NO3S2/c1-15(2)13(16-11(17)8-12(16)21-15)14(18)19-9-20-10-6-4-3-5-7-10/h3-7,12-13H,8-9H2,1-2H3/t12-,13+/m1/s1. The van der Waals surface area contributed by atoms with Crippen molar-refractivity contribution in [2.75, 3.05) is 5.94 Å². The molecule has 0 aromatic heterocycles. The Morgan fingerprint density at radius 1 is 1.43 bits per heavy atom. The first-order valence-electron chi connectivity index (χ1n) is 6.82. The molecule has 0 saturated carbocycles. The zero-order valence-corrected chi connectivity index (χ0v) is 13.6. The molecule has 3 rings (SSSR count). The summed E-state index contributed by atoms with van der Waals surface area (Å²) in [5, 5.41) is 0.145. The lowest BCUT2D eigenvalue weighted by Crippen LogP contribution is -2.57. The molecule has 0 unspecified atom stereocenters. The summed E-state index contributed by atoms with van der Waals surface area (Å²) in [6.07, 6.45) is 0.538. The van der Waals surface area contributed by atoms with Gasteiger partial charge in [-0.3, -0.25) is 4.79 Å². The second-order valence-corrected chi connectivity index (χ2v) is 8.45. The van der Waals surface area contributed by atoms with E-state index in [4.69, 9.17) is 4.74 Å². The van der Waals surface area contributed by atoms with Crippen molar-refractivity contribution >= 4 is 35.4 Å². The molecule has 2 heterocycles.